The smallest absolute Gasteiger partial charge is 0.271 e. The van der Waals surface area contributed by atoms with Crippen LogP contribution in [0.4, 0.5) is 20.2 Å². The van der Waals surface area contributed by atoms with Crippen LogP contribution < -0.4 is 32.9 Å². The molecule has 6 N–H and O–H groups in total. The van der Waals surface area contributed by atoms with E-state index in [1.807, 2.05) is 0 Å². The zero-order chi connectivity index (χ0) is 19.7. The van der Waals surface area contributed by atoms with Gasteiger partial charge in [-0.05, 0) is 30.8 Å². The minimum Gasteiger partial charge on any atom is -0.365 e. The van der Waals surface area contributed by atoms with Crippen LogP contribution in [-0.2, 0) is 0 Å². The molecule has 0 spiro atoms. The van der Waals surface area contributed by atoms with Gasteiger partial charge >= 0.3 is 0 Å². The molecular weight excluding hydrogens is 390 g/mol. The van der Waals surface area contributed by atoms with Gasteiger partial charge in [0.2, 0.25) is 5.43 Å². The van der Waals surface area contributed by atoms with Crippen molar-refractivity contribution in [2.45, 2.75) is 31.3 Å². The summed E-state index contributed by atoms with van der Waals surface area (Å²) in [6.45, 7) is 0.703. The van der Waals surface area contributed by atoms with Crippen LogP contribution in [0.25, 0.3) is 21.1 Å². The molecule has 0 bridgehead atoms. The Bertz CT molecular complexity index is 1240. The molecule has 0 radical (unpaired) electrons. The van der Waals surface area contributed by atoms with Crippen LogP contribution in [0.1, 0.15) is 25.3 Å². The van der Waals surface area contributed by atoms with Gasteiger partial charge in [0, 0.05) is 25.2 Å². The highest BCUT2D eigenvalue weighted by molar-refractivity contribution is 7.12. The lowest BCUT2D eigenvalue weighted by molar-refractivity contribution is 0.581. The number of hydrogen-bond acceptors (Lipinski definition) is 7. The number of halogens is 2. The van der Waals surface area contributed by atoms with Crippen molar-refractivity contribution >= 4 is 44.0 Å². The Morgan fingerprint density at radius 3 is 2.50 bits per heavy atom. The third-order valence-corrected chi connectivity index (χ3v) is 6.40. The third-order valence-electron chi connectivity index (χ3n) is 5.52. The van der Waals surface area contributed by atoms with E-state index in [0.29, 0.717) is 24.3 Å². The second-order valence-electron chi connectivity index (χ2n) is 7.36. The molecule has 28 heavy (non-hydrogen) atoms. The second-order valence-corrected chi connectivity index (χ2v) is 8.15. The lowest BCUT2D eigenvalue weighted by Gasteiger charge is -2.24. The molecule has 3 heterocycles. The highest BCUT2D eigenvalue weighted by atomic mass is 32.1. The van der Waals surface area contributed by atoms with Crippen molar-refractivity contribution in [3.05, 3.63) is 32.2 Å². The molecule has 2 aromatic heterocycles. The molecule has 1 saturated carbocycles. The van der Waals surface area contributed by atoms with Gasteiger partial charge in [-0.15, -0.1) is 0 Å². The minimum atomic E-state index is -0.952. The second kappa shape index (κ2) is 6.00. The molecule has 5 rings (SSSR count). The maximum absolute atomic E-state index is 15.8. The largest absolute Gasteiger partial charge is 0.365 e. The lowest BCUT2D eigenvalue weighted by Crippen LogP contribution is -2.29. The number of anilines is 2. The van der Waals surface area contributed by atoms with Crippen LogP contribution in [0.2, 0.25) is 0 Å². The van der Waals surface area contributed by atoms with Crippen molar-refractivity contribution in [2.75, 3.05) is 23.4 Å². The van der Waals surface area contributed by atoms with Crippen LogP contribution in [0, 0.1) is 11.6 Å². The fourth-order valence-corrected chi connectivity index (χ4v) is 5.00. The standard InChI is InChI=1S/C17H18F2N6O2S/c18-10-12(22-21)8-13(11(19)14(10)24-4-3-6(20)5-24)25(7-1-2-7)17-9(15(8)26)16(27)23-28-17/h6-7,22H,1-5,20-21H2,(H,23,27). The van der Waals surface area contributed by atoms with Gasteiger partial charge in [0.25, 0.3) is 5.56 Å². The van der Waals surface area contributed by atoms with Crippen molar-refractivity contribution < 1.29 is 8.78 Å². The summed E-state index contributed by atoms with van der Waals surface area (Å²) >= 11 is 0.983. The first-order valence-electron chi connectivity index (χ1n) is 9.01. The molecule has 2 fully saturated rings. The quantitative estimate of drug-likeness (QED) is 0.383. The van der Waals surface area contributed by atoms with Gasteiger partial charge in [-0.3, -0.25) is 19.8 Å². The molecule has 1 unspecified atom stereocenters. The topological polar surface area (TPSA) is 122 Å². The summed E-state index contributed by atoms with van der Waals surface area (Å²) in [6, 6.07) is -0.247. The van der Waals surface area contributed by atoms with E-state index < -0.39 is 22.6 Å². The Hall–Kier alpha value is -2.50. The number of rotatable bonds is 3. The molecule has 1 aliphatic carbocycles. The average molecular weight is 408 g/mol. The summed E-state index contributed by atoms with van der Waals surface area (Å²) in [5.74, 6) is 3.76. The number of nitrogen functional groups attached to an aromatic ring is 1. The molecule has 8 nitrogen and oxygen atoms in total. The van der Waals surface area contributed by atoms with Gasteiger partial charge in [-0.2, -0.15) is 0 Å². The predicted octanol–water partition coefficient (Wildman–Crippen LogP) is 1.34. The van der Waals surface area contributed by atoms with E-state index >= 15 is 8.78 Å². The summed E-state index contributed by atoms with van der Waals surface area (Å²) in [6.07, 6.45) is 2.17. The number of nitrogens with one attached hydrogen (secondary N) is 2. The Kier molecular flexibility index (Phi) is 3.77. The highest BCUT2D eigenvalue weighted by Gasteiger charge is 2.35. The van der Waals surface area contributed by atoms with Gasteiger partial charge in [-0.25, -0.2) is 8.78 Å². The molecule has 2 aliphatic rings. The number of hydrazine groups is 1. The summed E-state index contributed by atoms with van der Waals surface area (Å²) < 4.78 is 35.2. The molecular formula is C17H18F2N6O2S. The molecule has 1 aliphatic heterocycles. The molecule has 1 atom stereocenters. The first-order valence-corrected chi connectivity index (χ1v) is 9.83. The zero-order valence-corrected chi connectivity index (χ0v) is 15.5. The maximum Gasteiger partial charge on any atom is 0.271 e. The number of nitrogens with zero attached hydrogens (tertiary/aromatic N) is 2. The van der Waals surface area contributed by atoms with Crippen molar-refractivity contribution in [3.8, 4) is 0 Å². The van der Waals surface area contributed by atoms with E-state index in [1.165, 1.54) is 0 Å². The zero-order valence-electron chi connectivity index (χ0n) is 14.7. The molecule has 1 aromatic carbocycles. The SMILES string of the molecule is NNc1c(F)c(N2CCC(N)C2)c(F)c2c1c(=O)c1c(=O)[nH]sc1n2C1CC1. The summed E-state index contributed by atoms with van der Waals surface area (Å²) in [5.41, 5.74) is 6.25. The monoisotopic (exact) mass is 408 g/mol. The van der Waals surface area contributed by atoms with Gasteiger partial charge in [0.15, 0.2) is 11.6 Å². The third kappa shape index (κ3) is 2.26. The first-order chi connectivity index (χ1) is 13.4. The van der Waals surface area contributed by atoms with Crippen LogP contribution in [0.15, 0.2) is 9.59 Å². The maximum atomic E-state index is 15.8. The average Bonchev–Trinajstić information content (AvgIpc) is 3.30. The van der Waals surface area contributed by atoms with Crippen molar-refractivity contribution in [2.24, 2.45) is 11.6 Å². The normalized spacial score (nSPS) is 19.9. The van der Waals surface area contributed by atoms with E-state index in [4.69, 9.17) is 11.6 Å². The predicted molar refractivity (Wildman–Crippen MR) is 105 cm³/mol. The number of aromatic nitrogens is 2. The van der Waals surface area contributed by atoms with Gasteiger partial charge in [-0.1, -0.05) is 0 Å². The number of nitrogens with two attached hydrogens (primary N) is 2. The van der Waals surface area contributed by atoms with E-state index in [0.717, 1.165) is 24.4 Å². The van der Waals surface area contributed by atoms with Crippen LogP contribution in [-0.4, -0.2) is 28.1 Å². The number of hydrogen-bond donors (Lipinski definition) is 4. The Balaban J connectivity index is 1.99. The number of pyridine rings is 1. The Morgan fingerprint density at radius 1 is 1.14 bits per heavy atom. The summed E-state index contributed by atoms with van der Waals surface area (Å²) in [4.78, 5) is 27.2. The summed E-state index contributed by atoms with van der Waals surface area (Å²) in [7, 11) is 0. The number of benzene rings is 1. The number of aromatic amines is 1. The van der Waals surface area contributed by atoms with E-state index in [2.05, 4.69) is 9.80 Å². The molecule has 11 heteroatoms. The Morgan fingerprint density at radius 2 is 1.89 bits per heavy atom. The molecule has 3 aromatic rings. The van der Waals surface area contributed by atoms with E-state index in [9.17, 15) is 9.59 Å². The minimum absolute atomic E-state index is 0.0277. The van der Waals surface area contributed by atoms with Gasteiger partial charge < -0.3 is 20.6 Å². The van der Waals surface area contributed by atoms with E-state index in [-0.39, 0.29) is 39.7 Å². The van der Waals surface area contributed by atoms with Crippen LogP contribution >= 0.6 is 11.5 Å². The van der Waals surface area contributed by atoms with Crippen molar-refractivity contribution in [1.82, 2.24) is 8.94 Å². The number of fused-ring (bicyclic) bond motifs is 2. The fraction of sp³-hybridized carbons (Fsp3) is 0.412. The van der Waals surface area contributed by atoms with E-state index in [1.54, 1.807) is 9.47 Å². The molecule has 148 valence electrons. The fourth-order valence-electron chi connectivity index (χ4n) is 4.09. The molecule has 1 saturated heterocycles. The Labute approximate surface area is 160 Å². The molecule has 0 amide bonds. The summed E-state index contributed by atoms with van der Waals surface area (Å²) in [5, 5.41) is -0.344. The van der Waals surface area contributed by atoms with Gasteiger partial charge in [0.05, 0.1) is 10.9 Å². The highest BCUT2D eigenvalue weighted by Crippen LogP contribution is 2.44. The van der Waals surface area contributed by atoms with Crippen LogP contribution in [0.3, 0.4) is 0 Å². The number of H-pyrrole nitrogens is 1. The van der Waals surface area contributed by atoms with Gasteiger partial charge in [0.1, 0.15) is 21.6 Å². The van der Waals surface area contributed by atoms with Crippen LogP contribution in [0.5, 0.6) is 0 Å². The van der Waals surface area contributed by atoms with Crippen molar-refractivity contribution in [3.63, 3.8) is 0 Å². The van der Waals surface area contributed by atoms with Crippen molar-refractivity contribution in [1.29, 1.82) is 0 Å². The lowest BCUT2D eigenvalue weighted by atomic mass is 10.1. The first kappa shape index (κ1) is 17.6.